The molecule has 0 unspecified atom stereocenters. The zero-order chi connectivity index (χ0) is 12.5. The normalized spacial score (nSPS) is 16.4. The van der Waals surface area contributed by atoms with Crippen LogP contribution in [0.1, 0.15) is 18.2 Å². The van der Waals surface area contributed by atoms with Crippen LogP contribution in [-0.2, 0) is 11.2 Å². The predicted octanol–water partition coefficient (Wildman–Crippen LogP) is 0.832. The lowest BCUT2D eigenvalue weighted by atomic mass is 10.1. The summed E-state index contributed by atoms with van der Waals surface area (Å²) in [6.07, 6.45) is 2.51. The Balaban J connectivity index is 2.19. The first-order chi connectivity index (χ1) is 8.81. The highest BCUT2D eigenvalue weighted by atomic mass is 16.5. The van der Waals surface area contributed by atoms with Gasteiger partial charge in [-0.1, -0.05) is 6.92 Å². The monoisotopic (exact) mass is 247 g/mol. The average molecular weight is 247 g/mol. The third-order valence-electron chi connectivity index (χ3n) is 3.37. The highest BCUT2D eigenvalue weighted by Gasteiger charge is 2.20. The van der Waals surface area contributed by atoms with Gasteiger partial charge < -0.3 is 9.64 Å². The van der Waals surface area contributed by atoms with Gasteiger partial charge in [-0.25, -0.2) is 4.98 Å². The number of rotatable bonds is 2. The summed E-state index contributed by atoms with van der Waals surface area (Å²) in [6.45, 7) is 7.51. The summed E-state index contributed by atoms with van der Waals surface area (Å²) in [5, 5.41) is 4.30. The maximum absolute atomic E-state index is 5.42. The number of fused-ring (bicyclic) bond motifs is 1. The average Bonchev–Trinajstić information content (AvgIpc) is 2.85. The lowest BCUT2D eigenvalue weighted by molar-refractivity contribution is 0.122. The van der Waals surface area contributed by atoms with Crippen molar-refractivity contribution in [3.05, 3.63) is 17.6 Å². The summed E-state index contributed by atoms with van der Waals surface area (Å²) < 4.78 is 7.26. The van der Waals surface area contributed by atoms with E-state index < -0.39 is 0 Å². The Bertz CT molecular complexity index is 559. The minimum absolute atomic E-state index is 0.672. The van der Waals surface area contributed by atoms with Gasteiger partial charge in [-0.3, -0.25) is 0 Å². The second-order valence-electron chi connectivity index (χ2n) is 4.42. The molecule has 1 fully saturated rings. The second kappa shape index (κ2) is 4.53. The van der Waals surface area contributed by atoms with Crippen molar-refractivity contribution in [2.75, 3.05) is 31.2 Å². The highest BCUT2D eigenvalue weighted by molar-refractivity contribution is 5.54. The van der Waals surface area contributed by atoms with Crippen molar-refractivity contribution < 1.29 is 4.74 Å². The lowest BCUT2D eigenvalue weighted by Crippen LogP contribution is -2.38. The Morgan fingerprint density at radius 3 is 2.83 bits per heavy atom. The summed E-state index contributed by atoms with van der Waals surface area (Å²) in [6, 6.07) is 0. The van der Waals surface area contributed by atoms with Gasteiger partial charge in [0.1, 0.15) is 12.1 Å². The van der Waals surface area contributed by atoms with E-state index in [9.17, 15) is 0 Å². The first-order valence-electron chi connectivity index (χ1n) is 6.33. The van der Waals surface area contributed by atoms with Crippen molar-refractivity contribution in [3.8, 4) is 0 Å². The van der Waals surface area contributed by atoms with E-state index in [1.807, 2.05) is 11.4 Å². The molecule has 3 heterocycles. The number of hydrogen-bond donors (Lipinski definition) is 0. The molecule has 0 amide bonds. The summed E-state index contributed by atoms with van der Waals surface area (Å²) in [5.41, 5.74) is 2.29. The summed E-state index contributed by atoms with van der Waals surface area (Å²) in [5.74, 6) is 1.80. The molecule has 2 aromatic heterocycles. The van der Waals surface area contributed by atoms with Gasteiger partial charge >= 0.3 is 0 Å². The van der Waals surface area contributed by atoms with Crippen molar-refractivity contribution >= 4 is 11.6 Å². The van der Waals surface area contributed by atoms with Crippen LogP contribution in [0, 0.1) is 6.92 Å². The van der Waals surface area contributed by atoms with E-state index in [-0.39, 0.29) is 0 Å². The van der Waals surface area contributed by atoms with Crippen molar-refractivity contribution in [3.63, 3.8) is 0 Å². The fraction of sp³-hybridized carbons (Fsp3) is 0.583. The molecule has 0 atom stereocenters. The van der Waals surface area contributed by atoms with Crippen LogP contribution in [0.5, 0.6) is 0 Å². The van der Waals surface area contributed by atoms with Gasteiger partial charge in [0, 0.05) is 24.3 Å². The topological polar surface area (TPSA) is 55.5 Å². The maximum atomic E-state index is 5.42. The number of nitrogens with zero attached hydrogens (tertiary/aromatic N) is 5. The molecule has 18 heavy (non-hydrogen) atoms. The van der Waals surface area contributed by atoms with Crippen molar-refractivity contribution in [2.45, 2.75) is 20.3 Å². The standard InChI is InChI=1S/C12H17N5O/c1-3-10-9(2)15-12-13-8-14-17(12)11(10)16-4-6-18-7-5-16/h8H,3-7H2,1-2H3. The van der Waals surface area contributed by atoms with Crippen LogP contribution in [0.3, 0.4) is 0 Å². The van der Waals surface area contributed by atoms with Gasteiger partial charge in [-0.15, -0.1) is 0 Å². The number of morpholine rings is 1. The molecule has 6 nitrogen and oxygen atoms in total. The Kier molecular flexibility index (Phi) is 2.87. The molecule has 0 saturated carbocycles. The summed E-state index contributed by atoms with van der Waals surface area (Å²) >= 11 is 0. The van der Waals surface area contributed by atoms with Crippen LogP contribution in [-0.4, -0.2) is 45.9 Å². The molecule has 2 aromatic rings. The second-order valence-corrected chi connectivity index (χ2v) is 4.42. The van der Waals surface area contributed by atoms with Crippen LogP contribution >= 0.6 is 0 Å². The molecule has 0 spiro atoms. The number of anilines is 1. The molecule has 1 aliphatic heterocycles. The molecular formula is C12H17N5O. The first kappa shape index (κ1) is 11.4. The van der Waals surface area contributed by atoms with Gasteiger partial charge in [0.2, 0.25) is 0 Å². The quantitative estimate of drug-likeness (QED) is 0.787. The van der Waals surface area contributed by atoms with Crippen molar-refractivity contribution in [1.29, 1.82) is 0 Å². The molecule has 0 aromatic carbocycles. The molecule has 0 aliphatic carbocycles. The molecule has 0 N–H and O–H groups in total. The minimum atomic E-state index is 0.672. The Morgan fingerprint density at radius 1 is 1.33 bits per heavy atom. The van der Waals surface area contributed by atoms with E-state index in [2.05, 4.69) is 26.9 Å². The Hall–Kier alpha value is -1.69. The van der Waals surface area contributed by atoms with Gasteiger partial charge in [0.25, 0.3) is 5.78 Å². The molecule has 96 valence electrons. The molecule has 3 rings (SSSR count). The Morgan fingerprint density at radius 2 is 2.11 bits per heavy atom. The largest absolute Gasteiger partial charge is 0.378 e. The Labute approximate surface area is 106 Å². The highest BCUT2D eigenvalue weighted by Crippen LogP contribution is 2.24. The first-order valence-corrected chi connectivity index (χ1v) is 6.33. The van der Waals surface area contributed by atoms with Crippen molar-refractivity contribution in [2.24, 2.45) is 0 Å². The van der Waals surface area contributed by atoms with Crippen LogP contribution in [0.4, 0.5) is 5.82 Å². The van der Waals surface area contributed by atoms with E-state index in [0.717, 1.165) is 44.2 Å². The van der Waals surface area contributed by atoms with Crippen LogP contribution in [0.25, 0.3) is 5.78 Å². The van der Waals surface area contributed by atoms with E-state index in [4.69, 9.17) is 4.74 Å². The van der Waals surface area contributed by atoms with Gasteiger partial charge in [0.05, 0.1) is 13.2 Å². The van der Waals surface area contributed by atoms with E-state index in [0.29, 0.717) is 5.78 Å². The molecular weight excluding hydrogens is 230 g/mol. The SMILES string of the molecule is CCc1c(C)nc2ncnn2c1N1CCOCC1. The van der Waals surface area contributed by atoms with Crippen LogP contribution in [0.2, 0.25) is 0 Å². The number of aromatic nitrogens is 4. The van der Waals surface area contributed by atoms with Gasteiger partial charge in [-0.05, 0) is 13.3 Å². The third-order valence-corrected chi connectivity index (χ3v) is 3.37. The number of hydrogen-bond acceptors (Lipinski definition) is 5. The number of aryl methyl sites for hydroxylation is 1. The fourth-order valence-corrected chi connectivity index (χ4v) is 2.48. The third kappa shape index (κ3) is 1.73. The van der Waals surface area contributed by atoms with Gasteiger partial charge in [0.15, 0.2) is 0 Å². The summed E-state index contributed by atoms with van der Waals surface area (Å²) in [4.78, 5) is 11.0. The molecule has 0 radical (unpaired) electrons. The lowest BCUT2D eigenvalue weighted by Gasteiger charge is -2.30. The fourth-order valence-electron chi connectivity index (χ4n) is 2.48. The summed E-state index contributed by atoms with van der Waals surface area (Å²) in [7, 11) is 0. The smallest absolute Gasteiger partial charge is 0.254 e. The predicted molar refractivity (Wildman–Crippen MR) is 67.9 cm³/mol. The van der Waals surface area contributed by atoms with E-state index >= 15 is 0 Å². The van der Waals surface area contributed by atoms with E-state index in [1.165, 1.54) is 5.56 Å². The zero-order valence-corrected chi connectivity index (χ0v) is 10.8. The maximum Gasteiger partial charge on any atom is 0.254 e. The molecule has 0 bridgehead atoms. The van der Waals surface area contributed by atoms with Crippen LogP contribution < -0.4 is 4.90 Å². The molecule has 6 heteroatoms. The minimum Gasteiger partial charge on any atom is -0.378 e. The van der Waals surface area contributed by atoms with Crippen molar-refractivity contribution in [1.82, 2.24) is 19.6 Å². The molecule has 1 saturated heterocycles. The van der Waals surface area contributed by atoms with E-state index in [1.54, 1.807) is 6.33 Å². The molecule has 1 aliphatic rings. The van der Waals surface area contributed by atoms with Gasteiger partial charge in [-0.2, -0.15) is 14.6 Å². The zero-order valence-electron chi connectivity index (χ0n) is 10.8. The van der Waals surface area contributed by atoms with Crippen LogP contribution in [0.15, 0.2) is 6.33 Å². The number of ether oxygens (including phenoxy) is 1.